The van der Waals surface area contributed by atoms with E-state index in [1.165, 1.54) is 12.1 Å². The van der Waals surface area contributed by atoms with E-state index in [1.54, 1.807) is 0 Å². The molecule has 4 nitrogen and oxygen atoms in total. The lowest BCUT2D eigenvalue weighted by molar-refractivity contribution is 0.0696. The third-order valence-electron chi connectivity index (χ3n) is 3.11. The highest BCUT2D eigenvalue weighted by Gasteiger charge is 2.08. The number of benzene rings is 2. The van der Waals surface area contributed by atoms with Crippen molar-refractivity contribution in [1.82, 2.24) is 5.32 Å². The first-order chi connectivity index (χ1) is 10.1. The van der Waals surface area contributed by atoms with Crippen LogP contribution in [0.15, 0.2) is 42.5 Å². The Morgan fingerprint density at radius 1 is 1.10 bits per heavy atom. The SMILES string of the molecule is O=C(O)c1ccc(F)c(CNCc2cccc(CO)c2)c1. The van der Waals surface area contributed by atoms with Crippen molar-refractivity contribution in [3.05, 3.63) is 70.5 Å². The Morgan fingerprint density at radius 2 is 1.86 bits per heavy atom. The van der Waals surface area contributed by atoms with Crippen LogP contribution in [0.4, 0.5) is 4.39 Å². The molecule has 0 aliphatic carbocycles. The van der Waals surface area contributed by atoms with Crippen LogP contribution >= 0.6 is 0 Å². The molecule has 0 unspecified atom stereocenters. The van der Waals surface area contributed by atoms with Crippen LogP contribution in [0, 0.1) is 5.82 Å². The maximum Gasteiger partial charge on any atom is 0.335 e. The van der Waals surface area contributed by atoms with Gasteiger partial charge in [-0.05, 0) is 29.3 Å². The highest BCUT2D eigenvalue weighted by molar-refractivity contribution is 5.87. The van der Waals surface area contributed by atoms with Crippen molar-refractivity contribution in [2.75, 3.05) is 0 Å². The molecule has 0 fully saturated rings. The molecule has 2 rings (SSSR count). The van der Waals surface area contributed by atoms with E-state index in [0.717, 1.165) is 17.2 Å². The van der Waals surface area contributed by atoms with Gasteiger partial charge in [-0.15, -0.1) is 0 Å². The molecule has 0 aliphatic heterocycles. The smallest absolute Gasteiger partial charge is 0.335 e. The van der Waals surface area contributed by atoms with E-state index in [2.05, 4.69) is 5.32 Å². The maximum absolute atomic E-state index is 13.6. The molecular formula is C16H16FNO3. The molecule has 0 aromatic heterocycles. The molecule has 0 heterocycles. The summed E-state index contributed by atoms with van der Waals surface area (Å²) in [5.41, 5.74) is 2.16. The van der Waals surface area contributed by atoms with Crippen molar-refractivity contribution in [1.29, 1.82) is 0 Å². The van der Waals surface area contributed by atoms with Crippen molar-refractivity contribution >= 4 is 5.97 Å². The van der Waals surface area contributed by atoms with Crippen molar-refractivity contribution in [2.45, 2.75) is 19.7 Å². The zero-order chi connectivity index (χ0) is 15.2. The van der Waals surface area contributed by atoms with Crippen LogP contribution in [0.5, 0.6) is 0 Å². The first-order valence-electron chi connectivity index (χ1n) is 6.51. The first-order valence-corrected chi connectivity index (χ1v) is 6.51. The van der Waals surface area contributed by atoms with Gasteiger partial charge >= 0.3 is 5.97 Å². The summed E-state index contributed by atoms with van der Waals surface area (Å²) in [5.74, 6) is -1.51. The Kier molecular flexibility index (Phi) is 5.03. The number of aliphatic hydroxyl groups is 1. The monoisotopic (exact) mass is 289 g/mol. The molecule has 0 bridgehead atoms. The largest absolute Gasteiger partial charge is 0.478 e. The lowest BCUT2D eigenvalue weighted by Gasteiger charge is -2.08. The number of carboxylic acids is 1. The molecule has 0 atom stereocenters. The fourth-order valence-corrected chi connectivity index (χ4v) is 2.02. The van der Waals surface area contributed by atoms with Gasteiger partial charge in [-0.3, -0.25) is 0 Å². The predicted octanol–water partition coefficient (Wildman–Crippen LogP) is 2.31. The number of aliphatic hydroxyl groups excluding tert-OH is 1. The lowest BCUT2D eigenvalue weighted by atomic mass is 10.1. The van der Waals surface area contributed by atoms with E-state index in [-0.39, 0.29) is 18.7 Å². The number of halogens is 1. The molecule has 0 saturated carbocycles. The number of aromatic carboxylic acids is 1. The van der Waals surface area contributed by atoms with Crippen LogP contribution in [-0.2, 0) is 19.7 Å². The summed E-state index contributed by atoms with van der Waals surface area (Å²) in [5, 5.41) is 21.0. The predicted molar refractivity (Wildman–Crippen MR) is 76.3 cm³/mol. The summed E-state index contributed by atoms with van der Waals surface area (Å²) >= 11 is 0. The third kappa shape index (κ3) is 4.11. The van der Waals surface area contributed by atoms with Gasteiger partial charge < -0.3 is 15.5 Å². The first kappa shape index (κ1) is 15.2. The van der Waals surface area contributed by atoms with Gasteiger partial charge in [0.1, 0.15) is 5.82 Å². The van der Waals surface area contributed by atoms with Crippen molar-refractivity contribution in [2.24, 2.45) is 0 Å². The van der Waals surface area contributed by atoms with E-state index >= 15 is 0 Å². The van der Waals surface area contributed by atoms with Crippen molar-refractivity contribution in [3.8, 4) is 0 Å². The van der Waals surface area contributed by atoms with Crippen LogP contribution in [0.2, 0.25) is 0 Å². The van der Waals surface area contributed by atoms with Crippen LogP contribution in [0.25, 0.3) is 0 Å². The topological polar surface area (TPSA) is 69.6 Å². The highest BCUT2D eigenvalue weighted by atomic mass is 19.1. The minimum absolute atomic E-state index is 0.0247. The van der Waals surface area contributed by atoms with E-state index in [0.29, 0.717) is 12.1 Å². The number of carboxylic acid groups (broad SMARTS) is 1. The molecule has 0 radical (unpaired) electrons. The second-order valence-electron chi connectivity index (χ2n) is 4.69. The highest BCUT2D eigenvalue weighted by Crippen LogP contribution is 2.11. The summed E-state index contributed by atoms with van der Waals surface area (Å²) in [6, 6.07) is 11.1. The average Bonchev–Trinajstić information content (AvgIpc) is 2.49. The third-order valence-corrected chi connectivity index (χ3v) is 3.11. The zero-order valence-corrected chi connectivity index (χ0v) is 11.3. The number of carbonyl (C=O) groups is 1. The van der Waals surface area contributed by atoms with E-state index in [4.69, 9.17) is 10.2 Å². The molecule has 2 aromatic rings. The Balaban J connectivity index is 1.99. The van der Waals surface area contributed by atoms with E-state index in [9.17, 15) is 9.18 Å². The fraction of sp³-hybridized carbons (Fsp3) is 0.188. The molecule has 5 heteroatoms. The van der Waals surface area contributed by atoms with Gasteiger partial charge in [0.25, 0.3) is 0 Å². The Labute approximate surface area is 121 Å². The van der Waals surface area contributed by atoms with Gasteiger partial charge in [-0.2, -0.15) is 0 Å². The number of hydrogen-bond donors (Lipinski definition) is 3. The maximum atomic E-state index is 13.6. The molecule has 110 valence electrons. The molecular weight excluding hydrogens is 273 g/mol. The minimum atomic E-state index is -1.08. The normalized spacial score (nSPS) is 10.6. The van der Waals surface area contributed by atoms with Gasteiger partial charge in [0.2, 0.25) is 0 Å². The van der Waals surface area contributed by atoms with Crippen molar-refractivity contribution < 1.29 is 19.4 Å². The van der Waals surface area contributed by atoms with Gasteiger partial charge in [0.15, 0.2) is 0 Å². The van der Waals surface area contributed by atoms with Crippen LogP contribution in [-0.4, -0.2) is 16.2 Å². The summed E-state index contributed by atoms with van der Waals surface area (Å²) in [6.07, 6.45) is 0. The van der Waals surface area contributed by atoms with Gasteiger partial charge in [0.05, 0.1) is 12.2 Å². The van der Waals surface area contributed by atoms with Crippen molar-refractivity contribution in [3.63, 3.8) is 0 Å². The van der Waals surface area contributed by atoms with E-state index in [1.807, 2.05) is 24.3 Å². The number of hydrogen-bond acceptors (Lipinski definition) is 3. The van der Waals surface area contributed by atoms with Crippen LogP contribution < -0.4 is 5.32 Å². The molecule has 3 N–H and O–H groups in total. The van der Waals surface area contributed by atoms with Crippen LogP contribution in [0.1, 0.15) is 27.0 Å². The molecule has 2 aromatic carbocycles. The standard InChI is InChI=1S/C16H16FNO3/c17-15-5-4-13(16(20)21)7-14(15)9-18-8-11-2-1-3-12(6-11)10-19/h1-7,18-19H,8-10H2,(H,20,21). The summed E-state index contributed by atoms with van der Waals surface area (Å²) in [4.78, 5) is 10.9. The quantitative estimate of drug-likeness (QED) is 0.763. The second kappa shape index (κ2) is 6.97. The summed E-state index contributed by atoms with van der Waals surface area (Å²) in [7, 11) is 0. The van der Waals surface area contributed by atoms with Gasteiger partial charge in [0, 0.05) is 18.7 Å². The lowest BCUT2D eigenvalue weighted by Crippen LogP contribution is -2.14. The Bertz CT molecular complexity index is 643. The summed E-state index contributed by atoms with van der Waals surface area (Å²) in [6.45, 7) is 0.712. The molecule has 0 spiro atoms. The van der Waals surface area contributed by atoms with E-state index < -0.39 is 11.8 Å². The Hall–Kier alpha value is -2.24. The molecule has 0 saturated heterocycles. The number of rotatable bonds is 6. The summed E-state index contributed by atoms with van der Waals surface area (Å²) < 4.78 is 13.6. The zero-order valence-electron chi connectivity index (χ0n) is 11.3. The van der Waals surface area contributed by atoms with Gasteiger partial charge in [-0.25, -0.2) is 9.18 Å². The van der Waals surface area contributed by atoms with Crippen LogP contribution in [0.3, 0.4) is 0 Å². The molecule has 21 heavy (non-hydrogen) atoms. The second-order valence-corrected chi connectivity index (χ2v) is 4.69. The Morgan fingerprint density at radius 3 is 2.57 bits per heavy atom. The average molecular weight is 289 g/mol. The fourth-order valence-electron chi connectivity index (χ4n) is 2.02. The van der Waals surface area contributed by atoms with Gasteiger partial charge in [-0.1, -0.05) is 24.3 Å². The minimum Gasteiger partial charge on any atom is -0.478 e. The molecule has 0 aliphatic rings. The molecule has 0 amide bonds. The number of nitrogens with one attached hydrogen (secondary N) is 1.